The molecule has 1 aliphatic rings. The summed E-state index contributed by atoms with van der Waals surface area (Å²) in [6.45, 7) is 1.94. The summed E-state index contributed by atoms with van der Waals surface area (Å²) >= 11 is 1.50. The SMILES string of the molecule is CO[SH](=O)=Nc1cccc(C(CN2CC[C@H](O)C2)N(C)C(=O)CSc2cccc3ncccc23)c1. The minimum absolute atomic E-state index is 0.00838. The van der Waals surface area contributed by atoms with Crippen LogP contribution >= 0.6 is 11.8 Å². The lowest BCUT2D eigenvalue weighted by atomic mass is 10.0. The normalized spacial score (nSPS) is 18.1. The van der Waals surface area contributed by atoms with Gasteiger partial charge in [-0.15, -0.1) is 11.8 Å². The Bertz CT molecular complexity index is 1260. The number of pyridine rings is 1. The number of carbonyl (C=O) groups is 1. The largest absolute Gasteiger partial charge is 0.392 e. The standard InChI is InChI=1S/C25H30N4O4S2/c1-28(25(31)17-34-24-10-4-9-22-21(24)8-5-12-26-22)23(16-29-13-11-20(30)15-29)18-6-3-7-19(14-18)27-35(32)33-2/h3-10,12,14,20,23,30,35H,11,13,15-17H2,1-2H3/t20-,23?/m0/s1. The Kier molecular flexibility index (Phi) is 8.74. The van der Waals surface area contributed by atoms with Gasteiger partial charge in [0.25, 0.3) is 0 Å². The number of amides is 1. The summed E-state index contributed by atoms with van der Waals surface area (Å²) in [5.74, 6) is 0.273. The van der Waals surface area contributed by atoms with Gasteiger partial charge in [0.2, 0.25) is 5.91 Å². The molecule has 0 radical (unpaired) electrons. The minimum atomic E-state index is -2.14. The van der Waals surface area contributed by atoms with Crippen LogP contribution in [0, 0.1) is 0 Å². The van der Waals surface area contributed by atoms with Gasteiger partial charge in [-0.3, -0.25) is 18.9 Å². The van der Waals surface area contributed by atoms with Crippen LogP contribution in [-0.2, 0) is 19.9 Å². The molecule has 1 fully saturated rings. The Morgan fingerprint density at radius 3 is 2.91 bits per heavy atom. The number of likely N-dealkylation sites (tertiary alicyclic amines) is 1. The second kappa shape index (κ2) is 12.0. The maximum atomic E-state index is 13.3. The van der Waals surface area contributed by atoms with Crippen LogP contribution in [0.15, 0.2) is 70.1 Å². The quantitative estimate of drug-likeness (QED) is 0.334. The van der Waals surface area contributed by atoms with Crippen molar-refractivity contribution >= 4 is 45.1 Å². The summed E-state index contributed by atoms with van der Waals surface area (Å²) in [7, 11) is 1.02. The number of aromatic nitrogens is 1. The van der Waals surface area contributed by atoms with Crippen molar-refractivity contribution in [2.45, 2.75) is 23.5 Å². The van der Waals surface area contributed by atoms with Crippen LogP contribution in [0.1, 0.15) is 18.0 Å². The summed E-state index contributed by atoms with van der Waals surface area (Å²) < 4.78 is 20.7. The van der Waals surface area contributed by atoms with Gasteiger partial charge in [-0.05, 0) is 42.3 Å². The summed E-state index contributed by atoms with van der Waals surface area (Å²) in [6.07, 6.45) is 2.14. The first kappa shape index (κ1) is 25.6. The van der Waals surface area contributed by atoms with Crippen molar-refractivity contribution in [1.29, 1.82) is 0 Å². The monoisotopic (exact) mass is 514 g/mol. The molecule has 1 amide bonds. The smallest absolute Gasteiger partial charge is 0.233 e. The summed E-state index contributed by atoms with van der Waals surface area (Å²) in [4.78, 5) is 22.7. The lowest BCUT2D eigenvalue weighted by Gasteiger charge is -2.32. The zero-order valence-corrected chi connectivity index (χ0v) is 21.5. The van der Waals surface area contributed by atoms with E-state index in [2.05, 4.69) is 14.2 Å². The number of benzene rings is 2. The van der Waals surface area contributed by atoms with E-state index in [1.54, 1.807) is 17.2 Å². The van der Waals surface area contributed by atoms with E-state index in [4.69, 9.17) is 4.18 Å². The van der Waals surface area contributed by atoms with Crippen molar-refractivity contribution in [3.05, 3.63) is 66.4 Å². The highest BCUT2D eigenvalue weighted by Crippen LogP contribution is 2.30. The number of nitrogens with zero attached hydrogens (tertiary/aromatic N) is 4. The molecule has 2 heterocycles. The Balaban J connectivity index is 1.54. The van der Waals surface area contributed by atoms with Crippen LogP contribution in [0.3, 0.4) is 0 Å². The lowest BCUT2D eigenvalue weighted by molar-refractivity contribution is -0.129. The molecule has 1 saturated heterocycles. The topological polar surface area (TPSA) is 95.3 Å². The van der Waals surface area contributed by atoms with Gasteiger partial charge in [-0.1, -0.05) is 24.3 Å². The Labute approximate surface area is 211 Å². The highest BCUT2D eigenvalue weighted by atomic mass is 32.2. The van der Waals surface area contributed by atoms with E-state index in [0.29, 0.717) is 18.8 Å². The number of carbonyl (C=O) groups excluding carboxylic acids is 1. The first-order chi connectivity index (χ1) is 16.9. The highest BCUT2D eigenvalue weighted by molar-refractivity contribution is 8.00. The maximum Gasteiger partial charge on any atom is 0.233 e. The van der Waals surface area contributed by atoms with Crippen molar-refractivity contribution in [3.63, 3.8) is 0 Å². The molecule has 3 aromatic rings. The summed E-state index contributed by atoms with van der Waals surface area (Å²) in [5, 5.41) is 11.0. The number of hydrogen-bond donors (Lipinski definition) is 2. The fraction of sp³-hybridized carbons (Fsp3) is 0.360. The molecule has 186 valence electrons. The number of β-amino-alcohol motifs (C(OH)–C–C–N with tert-alkyl or cyclic N) is 1. The van der Waals surface area contributed by atoms with Gasteiger partial charge >= 0.3 is 0 Å². The average Bonchev–Trinajstić information content (AvgIpc) is 3.30. The van der Waals surface area contributed by atoms with Gasteiger partial charge in [0.1, 0.15) is 0 Å². The number of thioether (sulfide) groups is 1. The maximum absolute atomic E-state index is 13.3. The van der Waals surface area contributed by atoms with E-state index < -0.39 is 10.9 Å². The molecule has 2 aromatic carbocycles. The lowest BCUT2D eigenvalue weighted by Crippen LogP contribution is -2.39. The number of rotatable bonds is 9. The molecule has 8 nitrogen and oxygen atoms in total. The predicted molar refractivity (Wildman–Crippen MR) is 140 cm³/mol. The minimum Gasteiger partial charge on any atom is -0.392 e. The molecule has 0 bridgehead atoms. The molecule has 35 heavy (non-hydrogen) atoms. The van der Waals surface area contributed by atoms with Crippen LogP contribution in [0.5, 0.6) is 0 Å². The van der Waals surface area contributed by atoms with Crippen LogP contribution in [0.4, 0.5) is 5.69 Å². The number of aliphatic hydroxyl groups is 1. The van der Waals surface area contributed by atoms with E-state index in [-0.39, 0.29) is 23.8 Å². The second-order valence-electron chi connectivity index (χ2n) is 8.45. The van der Waals surface area contributed by atoms with E-state index in [1.165, 1.54) is 18.9 Å². The van der Waals surface area contributed by atoms with Crippen molar-refractivity contribution in [2.75, 3.05) is 39.5 Å². The van der Waals surface area contributed by atoms with Crippen molar-refractivity contribution in [2.24, 2.45) is 4.36 Å². The number of fused-ring (bicyclic) bond motifs is 1. The van der Waals surface area contributed by atoms with Crippen molar-refractivity contribution in [3.8, 4) is 0 Å². The molecule has 1 aliphatic heterocycles. The van der Waals surface area contributed by atoms with Gasteiger partial charge in [0.15, 0.2) is 10.9 Å². The fourth-order valence-electron chi connectivity index (χ4n) is 4.22. The molecule has 0 saturated carbocycles. The van der Waals surface area contributed by atoms with Gasteiger partial charge in [-0.25, -0.2) is 4.21 Å². The number of likely N-dealkylation sites (N-methyl/N-ethyl adjacent to an activating group) is 1. The van der Waals surface area contributed by atoms with Crippen LogP contribution in [-0.4, -0.2) is 75.7 Å². The van der Waals surface area contributed by atoms with Crippen LogP contribution in [0.25, 0.3) is 10.9 Å². The van der Waals surface area contributed by atoms with Crippen molar-refractivity contribution < 1.29 is 18.3 Å². The average molecular weight is 515 g/mol. The molecule has 3 atom stereocenters. The Hall–Kier alpha value is -2.50. The van der Waals surface area contributed by atoms with E-state index in [0.717, 1.165) is 34.3 Å². The first-order valence-electron chi connectivity index (χ1n) is 11.4. The molecule has 0 aliphatic carbocycles. The molecule has 1 aromatic heterocycles. The van der Waals surface area contributed by atoms with Gasteiger partial charge in [-0.2, -0.15) is 4.36 Å². The fourth-order valence-corrected chi connectivity index (χ4v) is 5.60. The number of thiol groups is 1. The highest BCUT2D eigenvalue weighted by Gasteiger charge is 2.28. The zero-order valence-electron chi connectivity index (χ0n) is 19.8. The Morgan fingerprint density at radius 2 is 2.14 bits per heavy atom. The first-order valence-corrected chi connectivity index (χ1v) is 13.5. The van der Waals surface area contributed by atoms with E-state index >= 15 is 0 Å². The molecular weight excluding hydrogens is 484 g/mol. The third-order valence-corrected chi connectivity index (χ3v) is 7.87. The molecule has 0 spiro atoms. The van der Waals surface area contributed by atoms with Crippen molar-refractivity contribution in [1.82, 2.24) is 14.8 Å². The summed E-state index contributed by atoms with van der Waals surface area (Å²) in [5.41, 5.74) is 2.33. The predicted octanol–water partition coefficient (Wildman–Crippen LogP) is 3.45. The zero-order chi connectivity index (χ0) is 24.8. The molecule has 10 heteroatoms. The molecule has 4 rings (SSSR count). The second-order valence-corrected chi connectivity index (χ2v) is 10.5. The van der Waals surface area contributed by atoms with Gasteiger partial charge in [0, 0.05) is 43.2 Å². The third kappa shape index (κ3) is 6.59. The third-order valence-electron chi connectivity index (χ3n) is 6.10. The van der Waals surface area contributed by atoms with E-state index in [9.17, 15) is 14.1 Å². The Morgan fingerprint density at radius 1 is 1.31 bits per heavy atom. The van der Waals surface area contributed by atoms with Gasteiger partial charge in [0.05, 0.1) is 36.2 Å². The van der Waals surface area contributed by atoms with Crippen LogP contribution in [0.2, 0.25) is 0 Å². The molecule has 1 N–H and O–H groups in total. The number of aliphatic hydroxyl groups excluding tert-OH is 1. The molecular formula is C25H30N4O4S2. The van der Waals surface area contributed by atoms with E-state index in [1.807, 2.05) is 55.6 Å². The van der Waals surface area contributed by atoms with Gasteiger partial charge < -0.3 is 10.0 Å². The van der Waals surface area contributed by atoms with Crippen LogP contribution < -0.4 is 0 Å². The molecule has 2 unspecified atom stereocenters. The number of hydrogen-bond acceptors (Lipinski definition) is 8. The summed E-state index contributed by atoms with van der Waals surface area (Å²) in [6, 6.07) is 17.0.